The van der Waals surface area contributed by atoms with Crippen LogP contribution in [0, 0.1) is 0 Å². The lowest BCUT2D eigenvalue weighted by atomic mass is 9.86. The van der Waals surface area contributed by atoms with Crippen molar-refractivity contribution in [2.75, 3.05) is 13.1 Å². The van der Waals surface area contributed by atoms with Crippen molar-refractivity contribution in [3.63, 3.8) is 0 Å². The number of primary sulfonamides is 1. The van der Waals surface area contributed by atoms with Crippen LogP contribution < -0.4 is 9.86 Å². The molecule has 0 aromatic heterocycles. The largest absolute Gasteiger partial charge is 0.480 e. The molecule has 0 amide bonds. The van der Waals surface area contributed by atoms with Gasteiger partial charge in [-0.25, -0.2) is 26.7 Å². The number of aliphatic carboxylic acids is 1. The molecule has 0 bridgehead atoms. The summed E-state index contributed by atoms with van der Waals surface area (Å²) in [6, 6.07) is 4.51. The molecule has 4 N–H and O–H groups in total. The highest BCUT2D eigenvalue weighted by Crippen LogP contribution is 2.27. The van der Waals surface area contributed by atoms with Crippen molar-refractivity contribution in [2.45, 2.75) is 41.6 Å². The van der Waals surface area contributed by atoms with E-state index in [1.54, 1.807) is 4.90 Å². The number of benzene rings is 1. The molecule has 2 rings (SSSR count). The molecule has 0 aliphatic heterocycles. The molecule has 11 heteroatoms. The number of hydrogen-bond donors (Lipinski definition) is 3. The molecule has 1 aliphatic carbocycles. The number of nitrogens with zero attached hydrogens (tertiary/aromatic N) is 1. The number of hydrogen-bond acceptors (Lipinski definition) is 6. The van der Waals surface area contributed by atoms with Gasteiger partial charge in [-0.1, -0.05) is 13.0 Å². The second-order valence-corrected chi connectivity index (χ2v) is 9.20. The van der Waals surface area contributed by atoms with Crippen LogP contribution in [0.15, 0.2) is 34.1 Å². The summed E-state index contributed by atoms with van der Waals surface area (Å²) in [5, 5.41) is 13.9. The summed E-state index contributed by atoms with van der Waals surface area (Å²) in [5.41, 5.74) is 0. The van der Waals surface area contributed by atoms with E-state index in [0.717, 1.165) is 6.07 Å². The van der Waals surface area contributed by atoms with Crippen LogP contribution >= 0.6 is 0 Å². The van der Waals surface area contributed by atoms with Gasteiger partial charge in [0, 0.05) is 12.1 Å². The summed E-state index contributed by atoms with van der Waals surface area (Å²) < 4.78 is 50.0. The average molecular weight is 391 g/mol. The second kappa shape index (κ2) is 7.38. The Bertz CT molecular complexity index is 847. The van der Waals surface area contributed by atoms with Gasteiger partial charge in [-0.15, -0.1) is 0 Å². The van der Waals surface area contributed by atoms with E-state index < -0.39 is 26.0 Å². The van der Waals surface area contributed by atoms with Gasteiger partial charge in [0.25, 0.3) is 0 Å². The zero-order valence-corrected chi connectivity index (χ0v) is 15.3. The van der Waals surface area contributed by atoms with E-state index in [0.29, 0.717) is 19.4 Å². The lowest BCUT2D eigenvalue weighted by Gasteiger charge is -2.42. The number of sulfonamides is 2. The fraction of sp³-hybridized carbons (Fsp3) is 0.500. The van der Waals surface area contributed by atoms with Gasteiger partial charge in [0.15, 0.2) is 0 Å². The van der Waals surface area contributed by atoms with E-state index in [2.05, 4.69) is 4.72 Å². The van der Waals surface area contributed by atoms with E-state index in [9.17, 15) is 21.6 Å². The Morgan fingerprint density at radius 1 is 1.28 bits per heavy atom. The molecule has 1 aromatic carbocycles. The first-order valence-electron chi connectivity index (χ1n) is 7.64. The third kappa shape index (κ3) is 4.98. The van der Waals surface area contributed by atoms with Crippen molar-refractivity contribution in [1.29, 1.82) is 0 Å². The summed E-state index contributed by atoms with van der Waals surface area (Å²) in [7, 11) is -7.88. The van der Waals surface area contributed by atoms with Crippen molar-refractivity contribution < 1.29 is 26.7 Å². The summed E-state index contributed by atoms with van der Waals surface area (Å²) in [5.74, 6) is -0.925. The molecule has 1 aromatic rings. The van der Waals surface area contributed by atoms with Crippen LogP contribution in [0.25, 0.3) is 0 Å². The number of rotatable bonds is 8. The SMILES string of the molecule is CCN(CC(=O)O)C1CC(NS(=O)(=O)c2cccc(S(N)(=O)=O)c2)C1. The second-order valence-electron chi connectivity index (χ2n) is 5.92. The fourth-order valence-electron chi connectivity index (χ4n) is 2.76. The number of nitrogens with one attached hydrogen (secondary N) is 1. The summed E-state index contributed by atoms with van der Waals surface area (Å²) >= 11 is 0. The standard InChI is InChI=1S/C14H21N3O6S2/c1-2-17(9-14(18)19)11-6-10(7-11)16-25(22,23)13-5-3-4-12(8-13)24(15,20)21/h3-5,8,10-11,16H,2,6-7,9H2,1H3,(H,18,19)(H2,15,20,21). The summed E-state index contributed by atoms with van der Waals surface area (Å²) in [6.45, 7) is 2.32. The van der Waals surface area contributed by atoms with Gasteiger partial charge in [0.1, 0.15) is 0 Å². The van der Waals surface area contributed by atoms with Gasteiger partial charge in [-0.3, -0.25) is 9.69 Å². The molecule has 1 aliphatic rings. The molecule has 9 nitrogen and oxygen atoms in total. The number of carboxylic acids is 1. The summed E-state index contributed by atoms with van der Waals surface area (Å²) in [4.78, 5) is 12.1. The molecule has 25 heavy (non-hydrogen) atoms. The predicted octanol–water partition coefficient (Wildman–Crippen LogP) is -0.450. The topological polar surface area (TPSA) is 147 Å². The quantitative estimate of drug-likeness (QED) is 0.544. The molecular formula is C14H21N3O6S2. The van der Waals surface area contributed by atoms with Crippen molar-refractivity contribution in [3.05, 3.63) is 24.3 Å². The summed E-state index contributed by atoms with van der Waals surface area (Å²) in [6.07, 6.45) is 0.991. The fourth-order valence-corrected chi connectivity index (χ4v) is 4.70. The van der Waals surface area contributed by atoms with Crippen LogP contribution in [0.5, 0.6) is 0 Å². The van der Waals surface area contributed by atoms with Crippen LogP contribution in [-0.2, 0) is 24.8 Å². The molecule has 1 saturated carbocycles. The van der Waals surface area contributed by atoms with E-state index in [-0.39, 0.29) is 28.4 Å². The van der Waals surface area contributed by atoms with Gasteiger partial charge in [0.2, 0.25) is 20.0 Å². The first kappa shape index (κ1) is 19.8. The minimum atomic E-state index is -4.00. The van der Waals surface area contributed by atoms with E-state index in [1.165, 1.54) is 18.2 Å². The molecule has 0 atom stereocenters. The first-order valence-corrected chi connectivity index (χ1v) is 10.7. The lowest BCUT2D eigenvalue weighted by Crippen LogP contribution is -2.54. The third-order valence-electron chi connectivity index (χ3n) is 4.14. The predicted molar refractivity (Wildman–Crippen MR) is 89.8 cm³/mol. The maximum Gasteiger partial charge on any atom is 0.317 e. The van der Waals surface area contributed by atoms with Gasteiger partial charge in [-0.05, 0) is 37.6 Å². The van der Waals surface area contributed by atoms with Crippen molar-refractivity contribution in [2.24, 2.45) is 5.14 Å². The average Bonchev–Trinajstić information content (AvgIpc) is 2.47. The van der Waals surface area contributed by atoms with Crippen LogP contribution in [0.2, 0.25) is 0 Å². The van der Waals surface area contributed by atoms with Gasteiger partial charge in [-0.2, -0.15) is 0 Å². The Labute approximate surface area is 146 Å². The van der Waals surface area contributed by atoms with Crippen LogP contribution in [0.1, 0.15) is 19.8 Å². The highest BCUT2D eigenvalue weighted by molar-refractivity contribution is 7.90. The highest BCUT2D eigenvalue weighted by atomic mass is 32.2. The molecule has 140 valence electrons. The zero-order chi connectivity index (χ0) is 18.8. The normalized spacial score (nSPS) is 21.1. The maximum absolute atomic E-state index is 12.4. The molecule has 0 radical (unpaired) electrons. The van der Waals surface area contributed by atoms with Crippen molar-refractivity contribution >= 4 is 26.0 Å². The van der Waals surface area contributed by atoms with Gasteiger partial charge >= 0.3 is 5.97 Å². The monoisotopic (exact) mass is 391 g/mol. The Hall–Kier alpha value is -1.53. The van der Waals surface area contributed by atoms with Gasteiger partial charge < -0.3 is 5.11 Å². The molecule has 0 heterocycles. The molecule has 0 spiro atoms. The van der Waals surface area contributed by atoms with Crippen LogP contribution in [-0.4, -0.2) is 58.0 Å². The lowest BCUT2D eigenvalue weighted by molar-refractivity contribution is -0.139. The first-order chi connectivity index (χ1) is 11.5. The number of nitrogens with two attached hydrogens (primary N) is 1. The smallest absolute Gasteiger partial charge is 0.317 e. The molecule has 0 unspecified atom stereocenters. The maximum atomic E-state index is 12.4. The number of carboxylic acid groups (broad SMARTS) is 1. The highest BCUT2D eigenvalue weighted by Gasteiger charge is 2.36. The number of likely N-dealkylation sites (N-methyl/N-ethyl adjacent to an activating group) is 1. The Morgan fingerprint density at radius 3 is 2.40 bits per heavy atom. The molecule has 1 fully saturated rings. The van der Waals surface area contributed by atoms with Crippen molar-refractivity contribution in [3.8, 4) is 0 Å². The van der Waals surface area contributed by atoms with Crippen LogP contribution in [0.4, 0.5) is 0 Å². The van der Waals surface area contributed by atoms with E-state index >= 15 is 0 Å². The van der Waals surface area contributed by atoms with Gasteiger partial charge in [0.05, 0.1) is 16.3 Å². The van der Waals surface area contributed by atoms with Crippen molar-refractivity contribution in [1.82, 2.24) is 9.62 Å². The van der Waals surface area contributed by atoms with E-state index in [1.807, 2.05) is 6.92 Å². The molecular weight excluding hydrogens is 370 g/mol. The zero-order valence-electron chi connectivity index (χ0n) is 13.6. The third-order valence-corrected chi connectivity index (χ3v) is 6.57. The Kier molecular flexibility index (Phi) is 5.84. The minimum absolute atomic E-state index is 0.00422. The number of carbonyl (C=O) groups is 1. The Morgan fingerprint density at radius 2 is 1.88 bits per heavy atom. The van der Waals surface area contributed by atoms with E-state index in [4.69, 9.17) is 10.2 Å². The van der Waals surface area contributed by atoms with Crippen LogP contribution in [0.3, 0.4) is 0 Å². The molecule has 0 saturated heterocycles. The minimum Gasteiger partial charge on any atom is -0.480 e. The Balaban J connectivity index is 2.03.